The lowest BCUT2D eigenvalue weighted by Gasteiger charge is -2.13. The van der Waals surface area contributed by atoms with Gasteiger partial charge in [0, 0.05) is 10.4 Å². The van der Waals surface area contributed by atoms with Crippen molar-refractivity contribution in [1.29, 1.82) is 0 Å². The van der Waals surface area contributed by atoms with Gasteiger partial charge in [-0.2, -0.15) is 0 Å². The molecule has 1 heterocycles. The summed E-state index contributed by atoms with van der Waals surface area (Å²) in [7, 11) is 0. The third kappa shape index (κ3) is 3.04. The van der Waals surface area contributed by atoms with Gasteiger partial charge in [0.05, 0.1) is 17.3 Å². The fourth-order valence-corrected chi connectivity index (χ4v) is 2.48. The molecule has 1 atom stereocenters. The quantitative estimate of drug-likeness (QED) is 0.784. The van der Waals surface area contributed by atoms with Crippen molar-refractivity contribution in [2.75, 3.05) is 0 Å². The Hall–Kier alpha value is -1.97. The van der Waals surface area contributed by atoms with Crippen LogP contribution in [0.4, 0.5) is 4.39 Å². The lowest BCUT2D eigenvalue weighted by atomic mass is 10.0. The summed E-state index contributed by atoms with van der Waals surface area (Å²) in [5.74, 6) is -0.335. The van der Waals surface area contributed by atoms with Gasteiger partial charge in [0.1, 0.15) is 5.82 Å². The Bertz CT molecular complexity index is 789. The SMILES string of the molecule is NC(Cc1ccc(Cl)cc1F)c1ccc2ccccc2n1. The number of aromatic nitrogens is 1. The highest BCUT2D eigenvalue weighted by Gasteiger charge is 2.12. The van der Waals surface area contributed by atoms with Crippen molar-refractivity contribution >= 4 is 22.5 Å². The third-order valence-corrected chi connectivity index (χ3v) is 3.69. The zero-order valence-electron chi connectivity index (χ0n) is 11.3. The van der Waals surface area contributed by atoms with Crippen LogP contribution in [0.1, 0.15) is 17.3 Å². The Kier molecular flexibility index (Phi) is 3.86. The second-order valence-electron chi connectivity index (χ2n) is 4.98. The Morgan fingerprint density at radius 3 is 2.71 bits per heavy atom. The molecular formula is C17H14ClFN2. The summed E-state index contributed by atoms with van der Waals surface area (Å²) < 4.78 is 13.8. The maximum absolute atomic E-state index is 13.8. The van der Waals surface area contributed by atoms with Crippen LogP contribution in [0.3, 0.4) is 0 Å². The average molecular weight is 301 g/mol. The van der Waals surface area contributed by atoms with Crippen LogP contribution in [0.15, 0.2) is 54.6 Å². The van der Waals surface area contributed by atoms with Gasteiger partial charge in [0.15, 0.2) is 0 Å². The van der Waals surface area contributed by atoms with Crippen LogP contribution in [0.25, 0.3) is 10.9 Å². The standard InChI is InChI=1S/C17H14ClFN2/c18-13-7-5-12(14(19)10-13)9-15(20)17-8-6-11-3-1-2-4-16(11)21-17/h1-8,10,15H,9,20H2. The van der Waals surface area contributed by atoms with Crippen LogP contribution < -0.4 is 5.73 Å². The average Bonchev–Trinajstić information content (AvgIpc) is 2.49. The van der Waals surface area contributed by atoms with Crippen LogP contribution in [-0.4, -0.2) is 4.98 Å². The number of nitrogens with zero attached hydrogens (tertiary/aromatic N) is 1. The van der Waals surface area contributed by atoms with E-state index in [9.17, 15) is 4.39 Å². The molecule has 21 heavy (non-hydrogen) atoms. The minimum Gasteiger partial charge on any atom is -0.322 e. The zero-order valence-corrected chi connectivity index (χ0v) is 12.0. The zero-order chi connectivity index (χ0) is 14.8. The molecule has 0 bridgehead atoms. The van der Waals surface area contributed by atoms with Gasteiger partial charge < -0.3 is 5.73 Å². The maximum atomic E-state index is 13.8. The summed E-state index contributed by atoms with van der Waals surface area (Å²) in [6, 6.07) is 16.0. The van der Waals surface area contributed by atoms with Crippen LogP contribution >= 0.6 is 11.6 Å². The van der Waals surface area contributed by atoms with E-state index in [1.54, 1.807) is 12.1 Å². The molecule has 3 rings (SSSR count). The number of para-hydroxylation sites is 1. The van der Waals surface area contributed by atoms with E-state index in [-0.39, 0.29) is 11.9 Å². The Balaban J connectivity index is 1.87. The molecule has 0 saturated heterocycles. The van der Waals surface area contributed by atoms with E-state index in [0.29, 0.717) is 17.0 Å². The van der Waals surface area contributed by atoms with Gasteiger partial charge in [0.2, 0.25) is 0 Å². The van der Waals surface area contributed by atoms with Crippen molar-refractivity contribution in [3.8, 4) is 0 Å². The molecule has 0 fully saturated rings. The first kappa shape index (κ1) is 14.0. The van der Waals surface area contributed by atoms with E-state index in [1.165, 1.54) is 6.07 Å². The Labute approximate surface area is 127 Å². The predicted octanol–water partition coefficient (Wildman–Crippen LogP) is 4.27. The van der Waals surface area contributed by atoms with E-state index in [1.807, 2.05) is 36.4 Å². The monoisotopic (exact) mass is 300 g/mol. The molecule has 106 valence electrons. The summed E-state index contributed by atoms with van der Waals surface area (Å²) in [6.45, 7) is 0. The minimum atomic E-state index is -0.356. The predicted molar refractivity (Wildman–Crippen MR) is 83.8 cm³/mol. The molecule has 0 aliphatic rings. The molecule has 2 aromatic carbocycles. The number of nitrogens with two attached hydrogens (primary N) is 1. The van der Waals surface area contributed by atoms with Crippen molar-refractivity contribution in [3.05, 3.63) is 76.7 Å². The minimum absolute atomic E-state index is 0.335. The molecular weight excluding hydrogens is 287 g/mol. The molecule has 1 aromatic heterocycles. The first-order chi connectivity index (χ1) is 10.1. The van der Waals surface area contributed by atoms with Gasteiger partial charge in [-0.25, -0.2) is 4.39 Å². The van der Waals surface area contributed by atoms with E-state index in [4.69, 9.17) is 17.3 Å². The van der Waals surface area contributed by atoms with Crippen molar-refractivity contribution in [2.45, 2.75) is 12.5 Å². The number of hydrogen-bond acceptors (Lipinski definition) is 2. The van der Waals surface area contributed by atoms with E-state index in [2.05, 4.69) is 4.98 Å². The Morgan fingerprint density at radius 1 is 1.10 bits per heavy atom. The molecule has 2 nitrogen and oxygen atoms in total. The van der Waals surface area contributed by atoms with Crippen molar-refractivity contribution in [3.63, 3.8) is 0 Å². The van der Waals surface area contributed by atoms with Gasteiger partial charge >= 0.3 is 0 Å². The van der Waals surface area contributed by atoms with Crippen LogP contribution in [0.5, 0.6) is 0 Å². The first-order valence-electron chi connectivity index (χ1n) is 6.69. The normalized spacial score (nSPS) is 12.5. The largest absolute Gasteiger partial charge is 0.322 e. The maximum Gasteiger partial charge on any atom is 0.127 e. The summed E-state index contributed by atoms with van der Waals surface area (Å²) in [5, 5.41) is 1.44. The number of halogens is 2. The summed E-state index contributed by atoms with van der Waals surface area (Å²) >= 11 is 5.75. The second kappa shape index (κ2) is 5.80. The van der Waals surface area contributed by atoms with Crippen molar-refractivity contribution in [2.24, 2.45) is 5.73 Å². The molecule has 3 aromatic rings. The van der Waals surface area contributed by atoms with Crippen LogP contribution in [-0.2, 0) is 6.42 Å². The number of pyridine rings is 1. The third-order valence-electron chi connectivity index (χ3n) is 3.45. The van der Waals surface area contributed by atoms with Gasteiger partial charge in [-0.1, -0.05) is 41.9 Å². The van der Waals surface area contributed by atoms with Gasteiger partial charge in [-0.15, -0.1) is 0 Å². The molecule has 1 unspecified atom stereocenters. The molecule has 0 radical (unpaired) electrons. The number of benzene rings is 2. The van der Waals surface area contributed by atoms with Gasteiger partial charge in [-0.3, -0.25) is 4.98 Å². The molecule has 0 spiro atoms. The molecule has 0 aliphatic carbocycles. The Morgan fingerprint density at radius 2 is 1.90 bits per heavy atom. The van der Waals surface area contributed by atoms with Crippen LogP contribution in [0, 0.1) is 5.82 Å². The number of rotatable bonds is 3. The van der Waals surface area contributed by atoms with E-state index in [0.717, 1.165) is 16.6 Å². The number of fused-ring (bicyclic) bond motifs is 1. The first-order valence-corrected chi connectivity index (χ1v) is 7.06. The van der Waals surface area contributed by atoms with Gasteiger partial charge in [0.25, 0.3) is 0 Å². The summed E-state index contributed by atoms with van der Waals surface area (Å²) in [5.41, 5.74) is 8.35. The highest BCUT2D eigenvalue weighted by atomic mass is 35.5. The topological polar surface area (TPSA) is 38.9 Å². The summed E-state index contributed by atoms with van der Waals surface area (Å²) in [4.78, 5) is 4.55. The summed E-state index contributed by atoms with van der Waals surface area (Å²) in [6.07, 6.45) is 0.383. The fraction of sp³-hybridized carbons (Fsp3) is 0.118. The van der Waals surface area contributed by atoms with E-state index < -0.39 is 0 Å². The number of hydrogen-bond donors (Lipinski definition) is 1. The molecule has 4 heteroatoms. The molecule has 2 N–H and O–H groups in total. The van der Waals surface area contributed by atoms with Crippen molar-refractivity contribution in [1.82, 2.24) is 4.98 Å². The molecule has 0 aliphatic heterocycles. The fourth-order valence-electron chi connectivity index (χ4n) is 2.32. The molecule has 0 amide bonds. The van der Waals surface area contributed by atoms with Crippen molar-refractivity contribution < 1.29 is 4.39 Å². The smallest absolute Gasteiger partial charge is 0.127 e. The second-order valence-corrected chi connectivity index (χ2v) is 5.41. The van der Waals surface area contributed by atoms with E-state index >= 15 is 0 Å². The lowest BCUT2D eigenvalue weighted by Crippen LogP contribution is -2.15. The van der Waals surface area contributed by atoms with Gasteiger partial charge in [-0.05, 0) is 36.2 Å². The highest BCUT2D eigenvalue weighted by molar-refractivity contribution is 6.30. The molecule has 0 saturated carbocycles. The van der Waals surface area contributed by atoms with Crippen LogP contribution in [0.2, 0.25) is 5.02 Å². The lowest BCUT2D eigenvalue weighted by molar-refractivity contribution is 0.590. The highest BCUT2D eigenvalue weighted by Crippen LogP contribution is 2.21.